The van der Waals surface area contributed by atoms with Crippen molar-refractivity contribution in [2.24, 2.45) is 0 Å². The van der Waals surface area contributed by atoms with Crippen LogP contribution in [-0.2, 0) is 0 Å². The molecule has 0 saturated heterocycles. The van der Waals surface area contributed by atoms with Crippen molar-refractivity contribution in [3.63, 3.8) is 0 Å². The Morgan fingerprint density at radius 1 is 0.958 bits per heavy atom. The molecule has 24 heavy (non-hydrogen) atoms. The first-order chi connectivity index (χ1) is 11.5. The Labute approximate surface area is 138 Å². The molecule has 6 heteroatoms. The summed E-state index contributed by atoms with van der Waals surface area (Å²) in [6.45, 7) is 0. The average molecular weight is 334 g/mol. The summed E-state index contributed by atoms with van der Waals surface area (Å²) in [5, 5.41) is 0. The summed E-state index contributed by atoms with van der Waals surface area (Å²) in [5.74, 6) is -0.782. The molecule has 0 aliphatic rings. The molecule has 0 amide bonds. The zero-order chi connectivity index (χ0) is 17.7. The molecule has 0 aliphatic heterocycles. The lowest BCUT2D eigenvalue weighted by Gasteiger charge is -2.13. The molecule has 0 bridgehead atoms. The monoisotopic (exact) mass is 334 g/mol. The van der Waals surface area contributed by atoms with Gasteiger partial charge in [0.25, 0.3) is 0 Å². The second-order valence-electron chi connectivity index (χ2n) is 4.78. The second-order valence-corrected chi connectivity index (χ2v) is 4.78. The third-order valence-corrected chi connectivity index (χ3v) is 3.33. The maximum Gasteiger partial charge on any atom is 0.203 e. The largest absolute Gasteiger partial charge is 0.493 e. The van der Waals surface area contributed by atoms with Crippen molar-refractivity contribution < 1.29 is 27.8 Å². The molecule has 0 spiro atoms. The molecule has 2 aromatic rings. The van der Waals surface area contributed by atoms with Crippen molar-refractivity contribution in [1.82, 2.24) is 0 Å². The Morgan fingerprint density at radius 3 is 2.08 bits per heavy atom. The van der Waals surface area contributed by atoms with Gasteiger partial charge in [0, 0.05) is 17.2 Å². The van der Waals surface area contributed by atoms with Gasteiger partial charge in [-0.3, -0.25) is 4.79 Å². The molecular formula is C18H16F2O4. The summed E-state index contributed by atoms with van der Waals surface area (Å²) >= 11 is 0. The Balaban J connectivity index is 2.34. The van der Waals surface area contributed by atoms with Crippen molar-refractivity contribution in [2.75, 3.05) is 21.3 Å². The van der Waals surface area contributed by atoms with Gasteiger partial charge in [0.1, 0.15) is 11.6 Å². The Kier molecular flexibility index (Phi) is 5.52. The van der Waals surface area contributed by atoms with E-state index in [0.29, 0.717) is 17.2 Å². The first-order valence-corrected chi connectivity index (χ1v) is 6.97. The molecule has 0 fully saturated rings. The molecule has 4 nitrogen and oxygen atoms in total. The molecule has 0 aromatic heterocycles. The van der Waals surface area contributed by atoms with Gasteiger partial charge in [0.2, 0.25) is 5.75 Å². The summed E-state index contributed by atoms with van der Waals surface area (Å²) in [5.41, 5.74) is 0.389. The predicted molar refractivity (Wildman–Crippen MR) is 85.8 cm³/mol. The number of hydrogen-bond donors (Lipinski definition) is 0. The number of ether oxygens (including phenoxy) is 3. The van der Waals surface area contributed by atoms with Gasteiger partial charge < -0.3 is 14.2 Å². The molecule has 0 radical (unpaired) electrons. The number of ketones is 1. The SMILES string of the molecule is COc1cc(C(=O)/C=C/c2ccc(F)cc2F)cc(OC)c1OC. The summed E-state index contributed by atoms with van der Waals surface area (Å²) in [6, 6.07) is 6.12. The van der Waals surface area contributed by atoms with E-state index in [1.54, 1.807) is 0 Å². The highest BCUT2D eigenvalue weighted by Gasteiger charge is 2.15. The molecule has 126 valence electrons. The quantitative estimate of drug-likeness (QED) is 0.594. The Morgan fingerprint density at radius 2 is 1.58 bits per heavy atom. The minimum absolute atomic E-state index is 0.109. The van der Waals surface area contributed by atoms with E-state index in [4.69, 9.17) is 14.2 Å². The van der Waals surface area contributed by atoms with Crippen molar-refractivity contribution in [1.29, 1.82) is 0 Å². The van der Waals surface area contributed by atoms with E-state index in [1.807, 2.05) is 0 Å². The van der Waals surface area contributed by atoms with Crippen molar-refractivity contribution in [3.05, 3.63) is 59.2 Å². The fraction of sp³-hybridized carbons (Fsp3) is 0.167. The smallest absolute Gasteiger partial charge is 0.203 e. The number of hydrogen-bond acceptors (Lipinski definition) is 4. The number of carbonyl (C=O) groups excluding carboxylic acids is 1. The van der Waals surface area contributed by atoms with Crippen LogP contribution in [0.5, 0.6) is 17.2 Å². The zero-order valence-electron chi connectivity index (χ0n) is 13.4. The van der Waals surface area contributed by atoms with Crippen LogP contribution in [0.4, 0.5) is 8.78 Å². The van der Waals surface area contributed by atoms with Crippen LogP contribution in [0.2, 0.25) is 0 Å². The van der Waals surface area contributed by atoms with Gasteiger partial charge >= 0.3 is 0 Å². The van der Waals surface area contributed by atoms with E-state index in [1.165, 1.54) is 51.7 Å². The average Bonchev–Trinajstić information content (AvgIpc) is 2.59. The van der Waals surface area contributed by atoms with Crippen LogP contribution in [0.3, 0.4) is 0 Å². The molecule has 2 aromatic carbocycles. The van der Waals surface area contributed by atoms with Gasteiger partial charge in [-0.05, 0) is 36.4 Å². The van der Waals surface area contributed by atoms with Gasteiger partial charge in [-0.1, -0.05) is 0 Å². The van der Waals surface area contributed by atoms with E-state index in [0.717, 1.165) is 12.1 Å². The molecule has 0 atom stereocenters. The van der Waals surface area contributed by atoms with Crippen LogP contribution in [0.15, 0.2) is 36.4 Å². The van der Waals surface area contributed by atoms with E-state index < -0.39 is 17.4 Å². The number of halogens is 2. The van der Waals surface area contributed by atoms with E-state index in [2.05, 4.69) is 0 Å². The molecule has 2 rings (SSSR count). The minimum Gasteiger partial charge on any atom is -0.493 e. The van der Waals surface area contributed by atoms with Crippen molar-refractivity contribution in [3.8, 4) is 17.2 Å². The summed E-state index contributed by atoms with van der Waals surface area (Å²) in [6.07, 6.45) is 2.47. The van der Waals surface area contributed by atoms with E-state index in [9.17, 15) is 13.6 Å². The molecule has 0 aliphatic carbocycles. The number of carbonyl (C=O) groups is 1. The van der Waals surface area contributed by atoms with Crippen LogP contribution in [0.1, 0.15) is 15.9 Å². The number of benzene rings is 2. The number of methoxy groups -OCH3 is 3. The van der Waals surface area contributed by atoms with E-state index >= 15 is 0 Å². The maximum atomic E-state index is 13.6. The minimum atomic E-state index is -0.746. The lowest BCUT2D eigenvalue weighted by Crippen LogP contribution is -2.00. The highest BCUT2D eigenvalue weighted by molar-refractivity contribution is 6.07. The molecule has 0 unspecified atom stereocenters. The van der Waals surface area contributed by atoms with Crippen molar-refractivity contribution in [2.45, 2.75) is 0 Å². The van der Waals surface area contributed by atoms with Crippen LogP contribution >= 0.6 is 0 Å². The Hall–Kier alpha value is -2.89. The topological polar surface area (TPSA) is 44.8 Å². The van der Waals surface area contributed by atoms with Gasteiger partial charge in [0.05, 0.1) is 21.3 Å². The lowest BCUT2D eigenvalue weighted by atomic mass is 10.1. The van der Waals surface area contributed by atoms with Crippen LogP contribution in [-0.4, -0.2) is 27.1 Å². The van der Waals surface area contributed by atoms with Gasteiger partial charge in [-0.2, -0.15) is 0 Å². The molecule has 0 saturated carbocycles. The van der Waals surface area contributed by atoms with Crippen molar-refractivity contribution >= 4 is 11.9 Å². The van der Waals surface area contributed by atoms with Gasteiger partial charge in [0.15, 0.2) is 17.3 Å². The highest BCUT2D eigenvalue weighted by atomic mass is 19.1. The van der Waals surface area contributed by atoms with Crippen LogP contribution in [0.25, 0.3) is 6.08 Å². The molecular weight excluding hydrogens is 318 g/mol. The third-order valence-electron chi connectivity index (χ3n) is 3.33. The molecule has 0 N–H and O–H groups in total. The number of allylic oxidation sites excluding steroid dienone is 1. The van der Waals surface area contributed by atoms with E-state index in [-0.39, 0.29) is 11.1 Å². The lowest BCUT2D eigenvalue weighted by molar-refractivity contribution is 0.104. The maximum absolute atomic E-state index is 13.6. The standard InChI is InChI=1S/C18H16F2O4/c1-22-16-8-12(9-17(23-2)18(16)24-3)15(21)7-5-11-4-6-13(19)10-14(11)20/h4-10H,1-3H3/b7-5+. The third kappa shape index (κ3) is 3.71. The Bertz CT molecular complexity index is 760. The van der Waals surface area contributed by atoms with Crippen LogP contribution < -0.4 is 14.2 Å². The highest BCUT2D eigenvalue weighted by Crippen LogP contribution is 2.38. The zero-order valence-corrected chi connectivity index (χ0v) is 13.4. The normalized spacial score (nSPS) is 10.7. The van der Waals surface area contributed by atoms with Crippen LogP contribution in [0, 0.1) is 11.6 Å². The predicted octanol–water partition coefficient (Wildman–Crippen LogP) is 3.89. The number of rotatable bonds is 6. The second kappa shape index (κ2) is 7.59. The fourth-order valence-electron chi connectivity index (χ4n) is 2.12. The first kappa shape index (κ1) is 17.5. The summed E-state index contributed by atoms with van der Waals surface area (Å²) in [4.78, 5) is 12.3. The molecule has 0 heterocycles. The van der Waals surface area contributed by atoms with Gasteiger partial charge in [-0.15, -0.1) is 0 Å². The fourth-order valence-corrected chi connectivity index (χ4v) is 2.12. The summed E-state index contributed by atoms with van der Waals surface area (Å²) in [7, 11) is 4.34. The summed E-state index contributed by atoms with van der Waals surface area (Å²) < 4.78 is 42.0. The van der Waals surface area contributed by atoms with Gasteiger partial charge in [-0.25, -0.2) is 8.78 Å². The first-order valence-electron chi connectivity index (χ1n) is 6.97.